The van der Waals surface area contributed by atoms with Crippen LogP contribution in [0.2, 0.25) is 0 Å². The fraction of sp³-hybridized carbons (Fsp3) is 0.677. The zero-order valence-corrected chi connectivity index (χ0v) is 24.8. The Morgan fingerprint density at radius 2 is 2.00 bits per heavy atom. The van der Waals surface area contributed by atoms with Crippen LogP contribution in [0.4, 0.5) is 4.79 Å². The Morgan fingerprint density at radius 1 is 1.23 bits per heavy atom. The van der Waals surface area contributed by atoms with Crippen molar-refractivity contribution in [3.63, 3.8) is 0 Å². The van der Waals surface area contributed by atoms with Gasteiger partial charge in [0, 0.05) is 25.1 Å². The van der Waals surface area contributed by atoms with E-state index in [9.17, 15) is 24.3 Å². The minimum absolute atomic E-state index is 0.0157. The maximum atomic E-state index is 14.1. The average Bonchev–Trinajstić information content (AvgIpc) is 3.69. The van der Waals surface area contributed by atoms with Crippen molar-refractivity contribution in [2.45, 2.75) is 106 Å². The van der Waals surface area contributed by atoms with Gasteiger partial charge in [-0.2, -0.15) is 0 Å². The first kappa shape index (κ1) is 29.7. The molecule has 0 radical (unpaired) electrons. The predicted molar refractivity (Wildman–Crippen MR) is 154 cm³/mol. The second kappa shape index (κ2) is 10.7. The summed E-state index contributed by atoms with van der Waals surface area (Å²) in [5.74, 6) is -0.784. The Bertz CT molecular complexity index is 1350. The summed E-state index contributed by atoms with van der Waals surface area (Å²) >= 11 is 0. The number of benzene rings is 1. The summed E-state index contributed by atoms with van der Waals surface area (Å²) in [6, 6.07) is 1.88. The number of carboxylic acid groups (broad SMARTS) is 1. The number of carbonyl (C=O) groups is 4. The minimum atomic E-state index is -1.39. The molecule has 234 valence electrons. The van der Waals surface area contributed by atoms with E-state index in [2.05, 4.69) is 15.5 Å². The molecule has 0 aromatic heterocycles. The number of carbonyl (C=O) groups excluding carboxylic acids is 3. The van der Waals surface area contributed by atoms with Crippen LogP contribution >= 0.6 is 0 Å². The second-order valence-corrected chi connectivity index (χ2v) is 13.5. The highest BCUT2D eigenvalue weighted by Gasteiger charge is 2.75. The third-order valence-corrected chi connectivity index (χ3v) is 10.3. The summed E-state index contributed by atoms with van der Waals surface area (Å²) in [6.07, 6.45) is 4.58. The molecular formula is C31H42N4O8. The molecule has 1 unspecified atom stereocenters. The van der Waals surface area contributed by atoms with Gasteiger partial charge in [0.1, 0.15) is 17.2 Å². The highest BCUT2D eigenvalue weighted by atomic mass is 16.6. The van der Waals surface area contributed by atoms with Gasteiger partial charge < -0.3 is 36.1 Å². The molecule has 6 N–H and O–H groups in total. The lowest BCUT2D eigenvalue weighted by Gasteiger charge is -2.64. The van der Waals surface area contributed by atoms with E-state index >= 15 is 0 Å². The number of hydrogen-bond donors (Lipinski definition) is 5. The number of unbranched alkanes of at least 4 members (excludes halogenated alkanes) is 1. The lowest BCUT2D eigenvalue weighted by Crippen LogP contribution is -2.78. The fourth-order valence-electron chi connectivity index (χ4n) is 7.93. The molecule has 1 saturated heterocycles. The van der Waals surface area contributed by atoms with E-state index in [0.717, 1.165) is 24.2 Å². The number of nitrogens with one attached hydrogen (secondary N) is 2. The number of likely N-dealkylation sites (tertiary alicyclic amines) is 1. The van der Waals surface area contributed by atoms with Crippen molar-refractivity contribution in [2.75, 3.05) is 19.6 Å². The van der Waals surface area contributed by atoms with Crippen molar-refractivity contribution in [1.82, 2.24) is 15.5 Å². The summed E-state index contributed by atoms with van der Waals surface area (Å²) in [5.41, 5.74) is 3.96. The number of ether oxygens (including phenoxy) is 2. The molecule has 2 aliphatic heterocycles. The third-order valence-electron chi connectivity index (χ3n) is 10.3. The zero-order chi connectivity index (χ0) is 30.7. The summed E-state index contributed by atoms with van der Waals surface area (Å²) in [5, 5.41) is 25.2. The van der Waals surface area contributed by atoms with Crippen LogP contribution in [-0.2, 0) is 31.0 Å². The van der Waals surface area contributed by atoms with E-state index in [-0.39, 0.29) is 24.0 Å². The van der Waals surface area contributed by atoms with Gasteiger partial charge in [0.25, 0.3) is 0 Å². The molecule has 5 atom stereocenters. The number of urea groups is 1. The van der Waals surface area contributed by atoms with E-state index in [4.69, 9.17) is 20.3 Å². The predicted octanol–water partition coefficient (Wildman–Crippen LogP) is 1.74. The second-order valence-electron chi connectivity index (χ2n) is 13.5. The van der Waals surface area contributed by atoms with Crippen LogP contribution in [0.1, 0.15) is 76.3 Å². The van der Waals surface area contributed by atoms with E-state index in [0.29, 0.717) is 56.7 Å². The van der Waals surface area contributed by atoms with Crippen molar-refractivity contribution in [3.05, 3.63) is 23.3 Å². The SMILES string of the molecule is CC(C)(NC(=O)NCCCCC(N)C(=O)O)C(=O)O[C@@]12CCC(=O)[C@@H]3Oc4c(O)ccc5c4[C@@]31CCN(CC1CC1)[C@@H]2C5. The van der Waals surface area contributed by atoms with Gasteiger partial charge in [-0.15, -0.1) is 0 Å². The topological polar surface area (TPSA) is 181 Å². The van der Waals surface area contributed by atoms with Crippen LogP contribution in [0.15, 0.2) is 12.1 Å². The Morgan fingerprint density at radius 3 is 2.72 bits per heavy atom. The van der Waals surface area contributed by atoms with E-state index < -0.39 is 46.7 Å². The number of aromatic hydroxyl groups is 1. The molecule has 3 fully saturated rings. The highest BCUT2D eigenvalue weighted by molar-refractivity contribution is 5.91. The number of Topliss-reactive ketones (excluding diaryl/α,β-unsaturated/α-hetero) is 1. The molecule has 1 aromatic carbocycles. The van der Waals surface area contributed by atoms with Crippen LogP contribution in [0.5, 0.6) is 11.5 Å². The van der Waals surface area contributed by atoms with Crippen molar-refractivity contribution < 1.29 is 38.9 Å². The molecule has 6 rings (SSSR count). The van der Waals surface area contributed by atoms with Gasteiger partial charge in [-0.05, 0) is 89.3 Å². The van der Waals surface area contributed by atoms with E-state index in [1.165, 1.54) is 12.8 Å². The zero-order valence-electron chi connectivity index (χ0n) is 24.8. The van der Waals surface area contributed by atoms with Gasteiger partial charge in [0.05, 0.1) is 11.5 Å². The van der Waals surface area contributed by atoms with Crippen molar-refractivity contribution in [3.8, 4) is 11.5 Å². The van der Waals surface area contributed by atoms with E-state index in [1.54, 1.807) is 19.9 Å². The minimum Gasteiger partial charge on any atom is -0.504 e. The number of piperidine rings is 1. The molecule has 5 aliphatic rings. The number of nitrogens with two attached hydrogens (primary N) is 1. The van der Waals surface area contributed by atoms with Crippen molar-refractivity contribution in [2.24, 2.45) is 11.7 Å². The van der Waals surface area contributed by atoms with Gasteiger partial charge in [0.2, 0.25) is 0 Å². The number of esters is 1. The Labute approximate surface area is 250 Å². The first-order valence-corrected chi connectivity index (χ1v) is 15.5. The quantitative estimate of drug-likeness (QED) is 0.186. The molecule has 1 aromatic rings. The van der Waals surface area contributed by atoms with Crippen LogP contribution in [0.3, 0.4) is 0 Å². The average molecular weight is 599 g/mol. The van der Waals surface area contributed by atoms with Crippen molar-refractivity contribution in [1.29, 1.82) is 0 Å². The molecule has 2 heterocycles. The molecule has 2 saturated carbocycles. The first-order chi connectivity index (χ1) is 20.4. The van der Waals surface area contributed by atoms with Crippen molar-refractivity contribution >= 4 is 23.8 Å². The largest absolute Gasteiger partial charge is 0.504 e. The van der Waals surface area contributed by atoms with Gasteiger partial charge in [-0.3, -0.25) is 14.5 Å². The number of phenols is 1. The number of phenolic OH excluding ortho intramolecular Hbond substituents is 1. The maximum Gasteiger partial charge on any atom is 0.331 e. The summed E-state index contributed by atoms with van der Waals surface area (Å²) in [6.45, 7) is 5.12. The molecule has 2 bridgehead atoms. The number of hydrogen-bond acceptors (Lipinski definition) is 9. The molecule has 2 amide bonds. The van der Waals surface area contributed by atoms with Crippen LogP contribution in [0, 0.1) is 5.92 Å². The number of ketones is 1. The Balaban J connectivity index is 1.24. The summed E-state index contributed by atoms with van der Waals surface area (Å²) in [7, 11) is 0. The number of aliphatic carboxylic acids is 1. The lowest BCUT2D eigenvalue weighted by atomic mass is 9.48. The number of rotatable bonds is 11. The number of carboxylic acids is 1. The Kier molecular flexibility index (Phi) is 7.36. The van der Waals surface area contributed by atoms with E-state index in [1.807, 2.05) is 6.07 Å². The van der Waals surface area contributed by atoms with Crippen LogP contribution in [0.25, 0.3) is 0 Å². The number of amides is 2. The van der Waals surface area contributed by atoms with Gasteiger partial charge in [-0.1, -0.05) is 6.07 Å². The first-order valence-electron chi connectivity index (χ1n) is 15.5. The fourth-order valence-corrected chi connectivity index (χ4v) is 7.93. The normalized spacial score (nSPS) is 29.7. The number of nitrogens with zero attached hydrogens (tertiary/aromatic N) is 1. The third kappa shape index (κ3) is 4.82. The van der Waals surface area contributed by atoms with Gasteiger partial charge in [-0.25, -0.2) is 9.59 Å². The smallest absolute Gasteiger partial charge is 0.331 e. The van der Waals surface area contributed by atoms with Crippen LogP contribution in [-0.4, -0.2) is 87.8 Å². The standard InChI is InChI=1S/C31H42N4O8/c1-29(2,34-28(41)33-13-4-3-5-19(32)26(38)39)27(40)43-31-11-10-21(37)25-30(31)12-14-35(16-17-6-7-17)22(31)15-18-8-9-20(36)24(42-25)23(18)30/h8-9,17,19,22,25,36H,3-7,10-16,32H2,1-2H3,(H,38,39)(H2,33,34,41)/t19?,22-,25+,30+,31-/m1/s1. The monoisotopic (exact) mass is 598 g/mol. The maximum absolute atomic E-state index is 14.1. The lowest BCUT2D eigenvalue weighted by molar-refractivity contribution is -0.219. The molecule has 12 nitrogen and oxygen atoms in total. The summed E-state index contributed by atoms with van der Waals surface area (Å²) in [4.78, 5) is 53.6. The van der Waals surface area contributed by atoms with Crippen LogP contribution < -0.4 is 21.1 Å². The van der Waals surface area contributed by atoms with Gasteiger partial charge >= 0.3 is 18.0 Å². The summed E-state index contributed by atoms with van der Waals surface area (Å²) < 4.78 is 12.9. The Hall–Kier alpha value is -3.38. The molecular weight excluding hydrogens is 556 g/mol. The van der Waals surface area contributed by atoms with Gasteiger partial charge in [0.15, 0.2) is 23.4 Å². The molecule has 43 heavy (non-hydrogen) atoms. The molecule has 1 spiro atoms. The molecule has 12 heteroatoms. The highest BCUT2D eigenvalue weighted by Crippen LogP contribution is 2.66. The molecule has 3 aliphatic carbocycles.